The Morgan fingerprint density at radius 3 is 2.56 bits per heavy atom. The van der Waals surface area contributed by atoms with Gasteiger partial charge in [-0.3, -0.25) is 14.5 Å². The summed E-state index contributed by atoms with van der Waals surface area (Å²) in [6.45, 7) is 3.63. The number of halogens is 1. The van der Waals surface area contributed by atoms with Crippen molar-refractivity contribution in [1.29, 1.82) is 0 Å². The van der Waals surface area contributed by atoms with Gasteiger partial charge in [0.25, 0.3) is 5.91 Å². The van der Waals surface area contributed by atoms with E-state index in [-0.39, 0.29) is 5.57 Å². The van der Waals surface area contributed by atoms with Gasteiger partial charge in [-0.15, -0.1) is 22.7 Å². The van der Waals surface area contributed by atoms with Gasteiger partial charge in [0, 0.05) is 21.2 Å². The zero-order valence-corrected chi connectivity index (χ0v) is 20.7. The second-order valence-electron chi connectivity index (χ2n) is 7.91. The number of anilines is 1. The van der Waals surface area contributed by atoms with Crippen LogP contribution in [0.3, 0.4) is 0 Å². The highest BCUT2D eigenvalue weighted by Crippen LogP contribution is 2.45. The monoisotopic (exact) mass is 506 g/mol. The fraction of sp³-hybridized carbons (Fsp3) is 0.115. The quantitative estimate of drug-likeness (QED) is 0.298. The molecule has 2 aromatic heterocycles. The number of ketones is 1. The Morgan fingerprint density at radius 1 is 1.09 bits per heavy atom. The number of hydrogen-bond acceptors (Lipinski definition) is 6. The fourth-order valence-electron chi connectivity index (χ4n) is 4.08. The lowest BCUT2D eigenvalue weighted by Gasteiger charge is -2.27. The van der Waals surface area contributed by atoms with Gasteiger partial charge in [0.1, 0.15) is 11.0 Å². The summed E-state index contributed by atoms with van der Waals surface area (Å²) in [5.74, 6) is -1.57. The van der Waals surface area contributed by atoms with E-state index < -0.39 is 23.5 Å². The highest BCUT2D eigenvalue weighted by Gasteiger charge is 2.46. The van der Waals surface area contributed by atoms with Gasteiger partial charge in [-0.25, -0.2) is 4.98 Å². The first-order chi connectivity index (χ1) is 16.4. The molecule has 0 saturated heterocycles. The van der Waals surface area contributed by atoms with E-state index in [0.29, 0.717) is 26.3 Å². The zero-order valence-electron chi connectivity index (χ0n) is 18.3. The van der Waals surface area contributed by atoms with Gasteiger partial charge in [-0.1, -0.05) is 54.1 Å². The molecule has 0 fully saturated rings. The Bertz CT molecular complexity index is 1440. The number of carbonyl (C=O) groups is 2. The minimum atomic E-state index is -0.765. The van der Waals surface area contributed by atoms with Crippen LogP contribution in [0.15, 0.2) is 77.4 Å². The average molecular weight is 507 g/mol. The fourth-order valence-corrected chi connectivity index (χ4v) is 6.09. The topological polar surface area (TPSA) is 70.5 Å². The van der Waals surface area contributed by atoms with Crippen LogP contribution in [0.1, 0.15) is 31.8 Å². The van der Waals surface area contributed by atoms with E-state index in [1.807, 2.05) is 60.8 Å². The van der Waals surface area contributed by atoms with Crippen molar-refractivity contribution in [2.24, 2.45) is 0 Å². The lowest BCUT2D eigenvalue weighted by atomic mass is 9.99. The molecule has 1 atom stereocenters. The molecule has 0 aliphatic carbocycles. The Balaban J connectivity index is 1.63. The molecule has 8 heteroatoms. The van der Waals surface area contributed by atoms with Gasteiger partial charge in [0.2, 0.25) is 5.78 Å². The van der Waals surface area contributed by atoms with E-state index in [4.69, 9.17) is 11.6 Å². The van der Waals surface area contributed by atoms with Crippen molar-refractivity contribution in [3.05, 3.63) is 103 Å². The largest absolute Gasteiger partial charge is 0.503 e. The van der Waals surface area contributed by atoms with Crippen molar-refractivity contribution in [2.75, 3.05) is 4.90 Å². The number of thiazole rings is 1. The van der Waals surface area contributed by atoms with Crippen LogP contribution < -0.4 is 4.90 Å². The van der Waals surface area contributed by atoms with Crippen LogP contribution in [-0.2, 0) is 4.79 Å². The number of aliphatic hydroxyl groups excluding tert-OH is 1. The first-order valence-corrected chi connectivity index (χ1v) is 12.6. The molecule has 3 heterocycles. The predicted octanol–water partition coefficient (Wildman–Crippen LogP) is 6.92. The number of aromatic nitrogens is 1. The summed E-state index contributed by atoms with van der Waals surface area (Å²) in [5, 5.41) is 14.0. The van der Waals surface area contributed by atoms with Gasteiger partial charge in [-0.2, -0.15) is 0 Å². The number of amides is 1. The Labute approximate surface area is 209 Å². The molecule has 0 bridgehead atoms. The molecular formula is C26H19ClN2O3S2. The average Bonchev–Trinajstić information content (AvgIpc) is 3.55. The molecule has 34 heavy (non-hydrogen) atoms. The van der Waals surface area contributed by atoms with Crippen LogP contribution in [0.25, 0.3) is 10.6 Å². The molecule has 0 radical (unpaired) electrons. The van der Waals surface area contributed by atoms with E-state index in [1.165, 1.54) is 27.6 Å². The SMILES string of the molecule is Cc1ccc(Cl)cc1N1C(=O)C(O)=C(C(=O)c2sc(-c3ccccc3)nc2C)C1c1cccs1. The van der Waals surface area contributed by atoms with Crippen LogP contribution in [0.2, 0.25) is 5.02 Å². The van der Waals surface area contributed by atoms with E-state index in [2.05, 4.69) is 4.98 Å². The number of rotatable bonds is 5. The molecule has 5 nitrogen and oxygen atoms in total. The van der Waals surface area contributed by atoms with Crippen molar-refractivity contribution in [3.8, 4) is 10.6 Å². The third-order valence-electron chi connectivity index (χ3n) is 5.72. The van der Waals surface area contributed by atoms with Crippen LogP contribution in [-0.4, -0.2) is 21.8 Å². The van der Waals surface area contributed by atoms with E-state index >= 15 is 0 Å². The molecule has 0 saturated carbocycles. The number of thiophene rings is 1. The molecule has 1 unspecified atom stereocenters. The van der Waals surface area contributed by atoms with Crippen LogP contribution in [0, 0.1) is 13.8 Å². The summed E-state index contributed by atoms with van der Waals surface area (Å²) in [4.78, 5) is 34.4. The summed E-state index contributed by atoms with van der Waals surface area (Å²) >= 11 is 8.92. The molecule has 2 aromatic carbocycles. The zero-order chi connectivity index (χ0) is 24.0. The standard InChI is InChI=1S/C26H19ClN2O3S2/c1-14-10-11-17(27)13-18(14)29-21(19-9-6-12-33-19)20(23(31)26(29)32)22(30)24-15(2)28-25(34-24)16-7-4-3-5-8-16/h3-13,21,31H,1-2H3. The number of hydrogen-bond donors (Lipinski definition) is 1. The molecule has 170 valence electrons. The Morgan fingerprint density at radius 2 is 1.85 bits per heavy atom. The van der Waals surface area contributed by atoms with Gasteiger partial charge in [0.15, 0.2) is 5.76 Å². The molecular weight excluding hydrogens is 488 g/mol. The smallest absolute Gasteiger partial charge is 0.294 e. The third kappa shape index (κ3) is 3.76. The van der Waals surface area contributed by atoms with Crippen LogP contribution in [0.4, 0.5) is 5.69 Å². The Kier molecular flexibility index (Phi) is 5.85. The van der Waals surface area contributed by atoms with Crippen molar-refractivity contribution < 1.29 is 14.7 Å². The Hall–Kier alpha value is -3.26. The predicted molar refractivity (Wildman–Crippen MR) is 137 cm³/mol. The van der Waals surface area contributed by atoms with Gasteiger partial charge in [-0.05, 0) is 43.0 Å². The number of nitrogens with zero attached hydrogens (tertiary/aromatic N) is 2. The van der Waals surface area contributed by atoms with E-state index in [9.17, 15) is 14.7 Å². The van der Waals surface area contributed by atoms with Crippen LogP contribution in [0.5, 0.6) is 0 Å². The van der Waals surface area contributed by atoms with E-state index in [0.717, 1.165) is 16.0 Å². The normalized spacial score (nSPS) is 15.9. The molecule has 1 amide bonds. The summed E-state index contributed by atoms with van der Waals surface area (Å²) < 4.78 is 0. The molecule has 5 rings (SSSR count). The molecule has 1 aliphatic rings. The lowest BCUT2D eigenvalue weighted by molar-refractivity contribution is -0.117. The van der Waals surface area contributed by atoms with Crippen molar-refractivity contribution >= 4 is 51.7 Å². The molecule has 1 aliphatic heterocycles. The number of carbonyl (C=O) groups excluding carboxylic acids is 2. The summed E-state index contributed by atoms with van der Waals surface area (Å²) in [6.07, 6.45) is 0. The van der Waals surface area contributed by atoms with Crippen molar-refractivity contribution in [3.63, 3.8) is 0 Å². The van der Waals surface area contributed by atoms with Gasteiger partial charge >= 0.3 is 0 Å². The summed E-state index contributed by atoms with van der Waals surface area (Å²) in [5.41, 5.74) is 2.88. The third-order valence-corrected chi connectivity index (χ3v) is 8.08. The first-order valence-electron chi connectivity index (χ1n) is 10.5. The maximum Gasteiger partial charge on any atom is 0.294 e. The minimum absolute atomic E-state index is 0.0539. The van der Waals surface area contributed by atoms with E-state index in [1.54, 1.807) is 19.1 Å². The highest BCUT2D eigenvalue weighted by atomic mass is 35.5. The van der Waals surface area contributed by atoms with Crippen molar-refractivity contribution in [1.82, 2.24) is 4.98 Å². The number of Topliss-reactive ketones (excluding diaryl/α,β-unsaturated/α-hetero) is 1. The number of aliphatic hydroxyl groups is 1. The number of aryl methyl sites for hydroxylation is 2. The molecule has 0 spiro atoms. The minimum Gasteiger partial charge on any atom is -0.503 e. The maximum absolute atomic E-state index is 13.9. The lowest BCUT2D eigenvalue weighted by Crippen LogP contribution is -2.31. The van der Waals surface area contributed by atoms with Crippen LogP contribution >= 0.6 is 34.3 Å². The van der Waals surface area contributed by atoms with Gasteiger partial charge in [0.05, 0.1) is 16.1 Å². The van der Waals surface area contributed by atoms with Gasteiger partial charge < -0.3 is 5.11 Å². The maximum atomic E-state index is 13.9. The van der Waals surface area contributed by atoms with Crippen molar-refractivity contribution in [2.45, 2.75) is 19.9 Å². The summed E-state index contributed by atoms with van der Waals surface area (Å²) in [7, 11) is 0. The molecule has 1 N–H and O–H groups in total. The second-order valence-corrected chi connectivity index (χ2v) is 10.3. The number of benzene rings is 2. The summed E-state index contributed by atoms with van der Waals surface area (Å²) in [6, 6.07) is 17.8. The molecule has 4 aromatic rings. The second kappa shape index (κ2) is 8.83. The first kappa shape index (κ1) is 22.5. The highest BCUT2D eigenvalue weighted by molar-refractivity contribution is 7.17.